The van der Waals surface area contributed by atoms with E-state index in [1.165, 1.54) is 11.3 Å². The standard InChI is InChI=1S/C21H19N5OS2/c27-20(26-21-24-12-19(29-21)16-6-8-22-9-7-16)18(10-15-4-2-1-3-5-15)23-11-17-13-28-14-25-17/h1-9,12-14,18,23H,10-11H2,(H,24,26,27)/t18-/m0/s1. The van der Waals surface area contributed by atoms with E-state index in [0.29, 0.717) is 18.1 Å². The van der Waals surface area contributed by atoms with Gasteiger partial charge in [0.15, 0.2) is 5.13 Å². The molecule has 3 heterocycles. The lowest BCUT2D eigenvalue weighted by Gasteiger charge is -2.17. The van der Waals surface area contributed by atoms with Crippen LogP contribution >= 0.6 is 22.7 Å². The molecule has 0 unspecified atom stereocenters. The zero-order chi connectivity index (χ0) is 19.9. The number of pyridine rings is 1. The lowest BCUT2D eigenvalue weighted by atomic mass is 10.1. The molecule has 1 aromatic carbocycles. The zero-order valence-corrected chi connectivity index (χ0v) is 17.1. The highest BCUT2D eigenvalue weighted by atomic mass is 32.1. The fourth-order valence-electron chi connectivity index (χ4n) is 2.83. The molecule has 2 N–H and O–H groups in total. The minimum absolute atomic E-state index is 0.111. The van der Waals surface area contributed by atoms with Crippen LogP contribution in [0.1, 0.15) is 11.3 Å². The van der Waals surface area contributed by atoms with Gasteiger partial charge in [-0.15, -0.1) is 11.3 Å². The van der Waals surface area contributed by atoms with E-state index >= 15 is 0 Å². The van der Waals surface area contributed by atoms with Crippen LogP contribution < -0.4 is 10.6 Å². The highest BCUT2D eigenvalue weighted by Gasteiger charge is 2.20. The molecule has 0 radical (unpaired) electrons. The number of carbonyl (C=O) groups excluding carboxylic acids is 1. The SMILES string of the molecule is O=C(Nc1ncc(-c2ccncc2)s1)[C@H](Cc1ccccc1)NCc1cscn1. The Hall–Kier alpha value is -2.94. The van der Waals surface area contributed by atoms with E-state index < -0.39 is 6.04 Å². The topological polar surface area (TPSA) is 79.8 Å². The number of thiazole rings is 2. The molecule has 0 fully saturated rings. The highest BCUT2D eigenvalue weighted by Crippen LogP contribution is 2.28. The molecule has 0 saturated carbocycles. The molecule has 8 heteroatoms. The van der Waals surface area contributed by atoms with Crippen LogP contribution in [-0.4, -0.2) is 26.9 Å². The van der Waals surface area contributed by atoms with Crippen molar-refractivity contribution in [3.63, 3.8) is 0 Å². The van der Waals surface area contributed by atoms with Crippen LogP contribution in [0.4, 0.5) is 5.13 Å². The first-order chi connectivity index (χ1) is 14.3. The van der Waals surface area contributed by atoms with Crippen molar-refractivity contribution in [1.29, 1.82) is 0 Å². The molecular formula is C21H19N5OS2. The van der Waals surface area contributed by atoms with Gasteiger partial charge in [-0.2, -0.15) is 0 Å². The van der Waals surface area contributed by atoms with Crippen molar-refractivity contribution >= 4 is 33.7 Å². The number of nitrogens with one attached hydrogen (secondary N) is 2. The van der Waals surface area contributed by atoms with Crippen LogP contribution in [0.2, 0.25) is 0 Å². The number of hydrogen-bond acceptors (Lipinski definition) is 7. The maximum absolute atomic E-state index is 13.0. The van der Waals surface area contributed by atoms with Crippen molar-refractivity contribution in [1.82, 2.24) is 20.3 Å². The summed E-state index contributed by atoms with van der Waals surface area (Å²) in [5.41, 5.74) is 4.84. The summed E-state index contributed by atoms with van der Waals surface area (Å²) in [6, 6.07) is 13.4. The first kappa shape index (κ1) is 19.4. The third-order valence-corrected chi connectivity index (χ3v) is 5.91. The summed E-state index contributed by atoms with van der Waals surface area (Å²) in [7, 11) is 0. The average Bonchev–Trinajstić information content (AvgIpc) is 3.45. The van der Waals surface area contributed by atoms with Gasteiger partial charge in [0.2, 0.25) is 5.91 Å². The zero-order valence-electron chi connectivity index (χ0n) is 15.5. The number of anilines is 1. The van der Waals surface area contributed by atoms with Crippen molar-refractivity contribution in [3.8, 4) is 10.4 Å². The third kappa shape index (κ3) is 5.32. The molecule has 4 rings (SSSR count). The summed E-state index contributed by atoms with van der Waals surface area (Å²) in [6.45, 7) is 0.536. The predicted octanol–water partition coefficient (Wildman–Crippen LogP) is 4.00. The van der Waals surface area contributed by atoms with E-state index in [4.69, 9.17) is 0 Å². The van der Waals surface area contributed by atoms with Gasteiger partial charge in [0.1, 0.15) is 0 Å². The van der Waals surface area contributed by atoms with Gasteiger partial charge in [-0.05, 0) is 29.7 Å². The van der Waals surface area contributed by atoms with Gasteiger partial charge in [0, 0.05) is 30.5 Å². The second-order valence-corrected chi connectivity index (χ2v) is 8.11. The maximum atomic E-state index is 13.0. The van der Waals surface area contributed by atoms with E-state index in [-0.39, 0.29) is 5.91 Å². The first-order valence-corrected chi connectivity index (χ1v) is 10.9. The van der Waals surface area contributed by atoms with Crippen LogP contribution in [0.25, 0.3) is 10.4 Å². The van der Waals surface area contributed by atoms with Gasteiger partial charge >= 0.3 is 0 Å². The summed E-state index contributed by atoms with van der Waals surface area (Å²) in [5.74, 6) is -0.111. The van der Waals surface area contributed by atoms with Gasteiger partial charge in [-0.3, -0.25) is 15.1 Å². The van der Waals surface area contributed by atoms with Gasteiger partial charge in [0.25, 0.3) is 0 Å². The van der Waals surface area contributed by atoms with Gasteiger partial charge in [-0.1, -0.05) is 41.7 Å². The van der Waals surface area contributed by atoms with Crippen molar-refractivity contribution in [2.24, 2.45) is 0 Å². The number of amides is 1. The van der Waals surface area contributed by atoms with Gasteiger partial charge < -0.3 is 5.32 Å². The highest BCUT2D eigenvalue weighted by molar-refractivity contribution is 7.19. The monoisotopic (exact) mass is 421 g/mol. The van der Waals surface area contributed by atoms with Crippen LogP contribution in [0.15, 0.2) is 71.9 Å². The molecule has 6 nitrogen and oxygen atoms in total. The number of rotatable bonds is 8. The van der Waals surface area contributed by atoms with Crippen LogP contribution in [-0.2, 0) is 17.8 Å². The van der Waals surface area contributed by atoms with E-state index in [1.54, 1.807) is 35.4 Å². The molecule has 29 heavy (non-hydrogen) atoms. The Morgan fingerprint density at radius 2 is 1.90 bits per heavy atom. The van der Waals surface area contributed by atoms with E-state index in [1.807, 2.05) is 47.8 Å². The van der Waals surface area contributed by atoms with Gasteiger partial charge in [0.05, 0.1) is 22.1 Å². The molecular weight excluding hydrogens is 402 g/mol. The predicted molar refractivity (Wildman–Crippen MR) is 117 cm³/mol. The molecule has 0 saturated heterocycles. The number of hydrogen-bond donors (Lipinski definition) is 2. The molecule has 4 aromatic rings. The molecule has 0 aliphatic heterocycles. The van der Waals surface area contributed by atoms with Crippen molar-refractivity contribution < 1.29 is 4.79 Å². The van der Waals surface area contributed by atoms with E-state index in [0.717, 1.165) is 21.7 Å². The Morgan fingerprint density at radius 3 is 2.66 bits per heavy atom. The summed E-state index contributed by atoms with van der Waals surface area (Å²) in [6.07, 6.45) is 5.83. The number of carbonyl (C=O) groups is 1. The van der Waals surface area contributed by atoms with E-state index in [2.05, 4.69) is 25.6 Å². The second kappa shape index (κ2) is 9.51. The Kier molecular flexibility index (Phi) is 6.35. The minimum Gasteiger partial charge on any atom is -0.301 e. The molecule has 0 spiro atoms. The fraction of sp³-hybridized carbons (Fsp3) is 0.143. The number of aromatic nitrogens is 3. The fourth-order valence-corrected chi connectivity index (χ4v) is 4.22. The van der Waals surface area contributed by atoms with Crippen molar-refractivity contribution in [2.75, 3.05) is 5.32 Å². The first-order valence-electron chi connectivity index (χ1n) is 9.09. The Labute approximate surface area is 176 Å². The molecule has 146 valence electrons. The minimum atomic E-state index is -0.396. The quantitative estimate of drug-likeness (QED) is 0.449. The summed E-state index contributed by atoms with van der Waals surface area (Å²) in [4.78, 5) is 26.6. The lowest BCUT2D eigenvalue weighted by Crippen LogP contribution is -2.41. The smallest absolute Gasteiger partial charge is 0.243 e. The molecule has 1 amide bonds. The summed E-state index contributed by atoms with van der Waals surface area (Å²) in [5, 5.41) is 8.84. The van der Waals surface area contributed by atoms with Gasteiger partial charge in [-0.25, -0.2) is 9.97 Å². The molecule has 0 aliphatic rings. The van der Waals surface area contributed by atoms with Crippen LogP contribution in [0, 0.1) is 0 Å². The maximum Gasteiger partial charge on any atom is 0.243 e. The molecule has 1 atom stereocenters. The Morgan fingerprint density at radius 1 is 1.07 bits per heavy atom. The van der Waals surface area contributed by atoms with Crippen LogP contribution in [0.5, 0.6) is 0 Å². The Bertz CT molecular complexity index is 1040. The van der Waals surface area contributed by atoms with Crippen molar-refractivity contribution in [2.45, 2.75) is 19.0 Å². The number of benzene rings is 1. The van der Waals surface area contributed by atoms with E-state index in [9.17, 15) is 4.79 Å². The largest absolute Gasteiger partial charge is 0.301 e. The lowest BCUT2D eigenvalue weighted by molar-refractivity contribution is -0.118. The Balaban J connectivity index is 1.46. The summed E-state index contributed by atoms with van der Waals surface area (Å²) < 4.78 is 0. The molecule has 3 aromatic heterocycles. The summed E-state index contributed by atoms with van der Waals surface area (Å²) >= 11 is 2.99. The molecule has 0 aliphatic carbocycles. The van der Waals surface area contributed by atoms with Crippen LogP contribution in [0.3, 0.4) is 0 Å². The second-order valence-electron chi connectivity index (χ2n) is 6.36. The average molecular weight is 422 g/mol. The normalized spacial score (nSPS) is 11.9. The number of nitrogens with zero attached hydrogens (tertiary/aromatic N) is 3. The molecule has 0 bridgehead atoms. The van der Waals surface area contributed by atoms with Crippen molar-refractivity contribution in [3.05, 3.63) is 83.2 Å². The third-order valence-electron chi connectivity index (χ3n) is 4.31.